The fraction of sp³-hybridized carbons (Fsp3) is 0.765. The Hall–Kier alpha value is -1.36. The maximum atomic E-state index is 12.5. The van der Waals surface area contributed by atoms with Crippen LogP contribution in [-0.2, 0) is 5.54 Å². The molecule has 0 bridgehead atoms. The second-order valence-corrected chi connectivity index (χ2v) is 7.86. The van der Waals surface area contributed by atoms with Crippen LogP contribution in [0.1, 0.15) is 75.5 Å². The summed E-state index contributed by atoms with van der Waals surface area (Å²) in [6, 6.07) is 2.73. The fourth-order valence-electron chi connectivity index (χ4n) is 3.24. The highest BCUT2D eigenvalue weighted by molar-refractivity contribution is 5.92. The smallest absolute Gasteiger partial charge is 0.272 e. The summed E-state index contributed by atoms with van der Waals surface area (Å²) in [4.78, 5) is 12.5. The summed E-state index contributed by atoms with van der Waals surface area (Å²) in [6.45, 7) is 9.56. The molecule has 5 nitrogen and oxygen atoms in total. The van der Waals surface area contributed by atoms with E-state index in [-0.39, 0.29) is 17.5 Å². The Morgan fingerprint density at radius 2 is 2.09 bits per heavy atom. The first kappa shape index (κ1) is 15.5. The van der Waals surface area contributed by atoms with Crippen molar-refractivity contribution in [1.82, 2.24) is 20.4 Å². The van der Waals surface area contributed by atoms with Crippen LogP contribution in [0.15, 0.2) is 6.07 Å². The Labute approximate surface area is 132 Å². The highest BCUT2D eigenvalue weighted by Gasteiger charge is 2.33. The van der Waals surface area contributed by atoms with Gasteiger partial charge < -0.3 is 10.6 Å². The van der Waals surface area contributed by atoms with Crippen LogP contribution in [0, 0.1) is 0 Å². The average Bonchev–Trinajstić information content (AvgIpc) is 3.15. The lowest BCUT2D eigenvalue weighted by molar-refractivity contribution is 0.0919. The lowest BCUT2D eigenvalue weighted by atomic mass is 10.0. The zero-order valence-corrected chi connectivity index (χ0v) is 14.1. The average molecular weight is 304 g/mol. The molecule has 122 valence electrons. The van der Waals surface area contributed by atoms with Gasteiger partial charge in [-0.1, -0.05) is 0 Å². The van der Waals surface area contributed by atoms with Crippen LogP contribution in [0.5, 0.6) is 0 Å². The van der Waals surface area contributed by atoms with Crippen molar-refractivity contribution >= 4 is 5.91 Å². The second-order valence-electron chi connectivity index (χ2n) is 7.86. The predicted molar refractivity (Wildman–Crippen MR) is 87.2 cm³/mol. The molecule has 2 fully saturated rings. The molecule has 1 amide bonds. The number of hydrogen-bond acceptors (Lipinski definition) is 3. The third kappa shape index (κ3) is 3.35. The number of piperidine rings is 1. The van der Waals surface area contributed by atoms with Gasteiger partial charge in [0.15, 0.2) is 0 Å². The Balaban J connectivity index is 1.75. The van der Waals surface area contributed by atoms with Crippen LogP contribution in [0.4, 0.5) is 0 Å². The lowest BCUT2D eigenvalue weighted by Crippen LogP contribution is -2.46. The van der Waals surface area contributed by atoms with Gasteiger partial charge in [0.05, 0.1) is 5.54 Å². The van der Waals surface area contributed by atoms with Crippen LogP contribution < -0.4 is 10.6 Å². The van der Waals surface area contributed by atoms with Crippen molar-refractivity contribution in [2.24, 2.45) is 0 Å². The summed E-state index contributed by atoms with van der Waals surface area (Å²) in [5.74, 6) is 0.566. The number of hydrogen-bond donors (Lipinski definition) is 2. The number of aromatic nitrogens is 2. The lowest BCUT2D eigenvalue weighted by Gasteiger charge is -2.28. The van der Waals surface area contributed by atoms with E-state index in [1.54, 1.807) is 0 Å². The maximum Gasteiger partial charge on any atom is 0.272 e. The topological polar surface area (TPSA) is 59.0 Å². The predicted octanol–water partition coefficient (Wildman–Crippen LogP) is 2.39. The highest BCUT2D eigenvalue weighted by Crippen LogP contribution is 2.41. The quantitative estimate of drug-likeness (QED) is 0.901. The van der Waals surface area contributed by atoms with Crippen molar-refractivity contribution < 1.29 is 4.79 Å². The van der Waals surface area contributed by atoms with E-state index < -0.39 is 0 Å². The first-order valence-corrected chi connectivity index (χ1v) is 8.49. The molecule has 2 unspecified atom stereocenters. The van der Waals surface area contributed by atoms with Gasteiger partial charge in [-0.3, -0.25) is 9.48 Å². The minimum absolute atomic E-state index is 0.0241. The number of carbonyl (C=O) groups is 1. The van der Waals surface area contributed by atoms with Gasteiger partial charge in [-0.2, -0.15) is 5.10 Å². The molecule has 22 heavy (non-hydrogen) atoms. The van der Waals surface area contributed by atoms with Crippen molar-refractivity contribution in [2.75, 3.05) is 6.54 Å². The summed E-state index contributed by atoms with van der Waals surface area (Å²) in [5, 5.41) is 11.2. The van der Waals surface area contributed by atoms with Crippen molar-refractivity contribution in [3.8, 4) is 0 Å². The van der Waals surface area contributed by atoms with Gasteiger partial charge in [-0.15, -0.1) is 0 Å². The molecule has 1 saturated carbocycles. The molecule has 0 spiro atoms. The van der Waals surface area contributed by atoms with Gasteiger partial charge in [0, 0.05) is 23.7 Å². The SMILES string of the molecule is CC1CC(NC(=O)c2cc(C3CC3)n(C(C)(C)C)n2)CCN1. The molecule has 2 atom stereocenters. The molecule has 5 heteroatoms. The first-order valence-electron chi connectivity index (χ1n) is 8.49. The molecule has 2 N–H and O–H groups in total. The van der Waals surface area contributed by atoms with Gasteiger partial charge in [0.2, 0.25) is 0 Å². The summed E-state index contributed by atoms with van der Waals surface area (Å²) in [7, 11) is 0. The molecule has 2 aliphatic rings. The van der Waals surface area contributed by atoms with Gasteiger partial charge >= 0.3 is 0 Å². The van der Waals surface area contributed by atoms with E-state index in [0.29, 0.717) is 17.7 Å². The van der Waals surface area contributed by atoms with Crippen LogP contribution in [0.3, 0.4) is 0 Å². The summed E-state index contributed by atoms with van der Waals surface area (Å²) >= 11 is 0. The summed E-state index contributed by atoms with van der Waals surface area (Å²) in [6.07, 6.45) is 4.41. The Morgan fingerprint density at radius 1 is 1.36 bits per heavy atom. The molecule has 0 aromatic carbocycles. The normalized spacial score (nSPS) is 26.0. The van der Waals surface area contributed by atoms with Crippen molar-refractivity contribution in [3.05, 3.63) is 17.5 Å². The highest BCUT2D eigenvalue weighted by atomic mass is 16.2. The standard InChI is InChI=1S/C17H28N4O/c1-11-9-13(7-8-18-11)19-16(22)14-10-15(12-5-6-12)21(20-14)17(2,3)4/h10-13,18H,5-9H2,1-4H3,(H,19,22). The van der Waals surface area contributed by atoms with E-state index in [4.69, 9.17) is 0 Å². The monoisotopic (exact) mass is 304 g/mol. The van der Waals surface area contributed by atoms with E-state index in [2.05, 4.69) is 43.4 Å². The fourth-order valence-corrected chi connectivity index (χ4v) is 3.24. The zero-order chi connectivity index (χ0) is 15.9. The number of amides is 1. The summed E-state index contributed by atoms with van der Waals surface area (Å²) in [5.41, 5.74) is 1.71. The number of rotatable bonds is 3. The van der Waals surface area contributed by atoms with Gasteiger partial charge in [-0.25, -0.2) is 0 Å². The number of nitrogens with zero attached hydrogens (tertiary/aromatic N) is 2. The van der Waals surface area contributed by atoms with Crippen molar-refractivity contribution in [3.63, 3.8) is 0 Å². The van der Waals surface area contributed by atoms with Crippen molar-refractivity contribution in [2.45, 2.75) is 76.9 Å². The third-order valence-corrected chi connectivity index (χ3v) is 4.56. The molecule has 1 aliphatic heterocycles. The molecule has 1 aromatic rings. The van der Waals surface area contributed by atoms with Gasteiger partial charge in [-0.05, 0) is 66.0 Å². The third-order valence-electron chi connectivity index (χ3n) is 4.56. The van der Waals surface area contributed by atoms with E-state index in [1.807, 2.05) is 10.7 Å². The molecule has 1 aromatic heterocycles. The molecule has 3 rings (SSSR count). The Kier molecular flexibility index (Phi) is 4.02. The van der Waals surface area contributed by atoms with E-state index in [1.165, 1.54) is 18.5 Å². The Bertz CT molecular complexity index is 553. The molecular formula is C17H28N4O. The Morgan fingerprint density at radius 3 is 2.68 bits per heavy atom. The van der Waals surface area contributed by atoms with Gasteiger partial charge in [0.1, 0.15) is 5.69 Å². The summed E-state index contributed by atoms with van der Waals surface area (Å²) < 4.78 is 2.05. The van der Waals surface area contributed by atoms with Gasteiger partial charge in [0.25, 0.3) is 5.91 Å². The van der Waals surface area contributed by atoms with Crippen LogP contribution >= 0.6 is 0 Å². The number of carbonyl (C=O) groups excluding carboxylic acids is 1. The molecule has 2 heterocycles. The maximum absolute atomic E-state index is 12.5. The zero-order valence-electron chi connectivity index (χ0n) is 14.1. The minimum atomic E-state index is -0.0836. The van der Waals surface area contributed by atoms with Crippen LogP contribution in [-0.4, -0.2) is 34.3 Å². The van der Waals surface area contributed by atoms with E-state index in [0.717, 1.165) is 19.4 Å². The molecule has 0 radical (unpaired) electrons. The van der Waals surface area contributed by atoms with Crippen LogP contribution in [0.25, 0.3) is 0 Å². The second kappa shape index (κ2) is 5.69. The molecule has 1 aliphatic carbocycles. The van der Waals surface area contributed by atoms with E-state index >= 15 is 0 Å². The molecule has 1 saturated heterocycles. The van der Waals surface area contributed by atoms with E-state index in [9.17, 15) is 4.79 Å². The van der Waals surface area contributed by atoms with Crippen molar-refractivity contribution in [1.29, 1.82) is 0 Å². The first-order chi connectivity index (χ1) is 10.3. The largest absolute Gasteiger partial charge is 0.348 e. The molecular weight excluding hydrogens is 276 g/mol. The minimum Gasteiger partial charge on any atom is -0.348 e. The number of nitrogens with one attached hydrogen (secondary N) is 2. The van der Waals surface area contributed by atoms with Crippen LogP contribution in [0.2, 0.25) is 0 Å².